The quantitative estimate of drug-likeness (QED) is 0.901. The summed E-state index contributed by atoms with van der Waals surface area (Å²) in [5, 5.41) is 6.33. The molecule has 3 atom stereocenters. The lowest BCUT2D eigenvalue weighted by atomic mass is 10.0. The van der Waals surface area contributed by atoms with Crippen LogP contribution >= 0.6 is 0 Å². The van der Waals surface area contributed by atoms with E-state index in [0.29, 0.717) is 11.8 Å². The molecular weight excluding hydrogens is 300 g/mol. The van der Waals surface area contributed by atoms with E-state index in [-0.39, 0.29) is 12.2 Å². The SMILES string of the molecule is O=C(Nc1ccccc1-c1ccccc1)OC1CC2CNC[C@H]2C1. The van der Waals surface area contributed by atoms with Gasteiger partial charge in [-0.15, -0.1) is 0 Å². The number of rotatable bonds is 3. The average Bonchev–Trinajstić information content (AvgIpc) is 3.17. The summed E-state index contributed by atoms with van der Waals surface area (Å²) >= 11 is 0. The lowest BCUT2D eigenvalue weighted by Gasteiger charge is -2.15. The van der Waals surface area contributed by atoms with E-state index >= 15 is 0 Å². The number of para-hydroxylation sites is 1. The summed E-state index contributed by atoms with van der Waals surface area (Å²) in [7, 11) is 0. The number of fused-ring (bicyclic) bond motifs is 1. The van der Waals surface area contributed by atoms with E-state index in [1.807, 2.05) is 54.6 Å². The first-order valence-electron chi connectivity index (χ1n) is 8.62. The van der Waals surface area contributed by atoms with Crippen molar-refractivity contribution in [3.8, 4) is 11.1 Å². The Morgan fingerprint density at radius 1 is 0.958 bits per heavy atom. The monoisotopic (exact) mass is 322 g/mol. The third-order valence-corrected chi connectivity index (χ3v) is 5.13. The minimum atomic E-state index is -0.351. The topological polar surface area (TPSA) is 50.4 Å². The molecule has 1 aliphatic carbocycles. The molecule has 4 nitrogen and oxygen atoms in total. The number of hydrogen-bond donors (Lipinski definition) is 2. The van der Waals surface area contributed by atoms with Crippen LogP contribution in [0.4, 0.5) is 10.5 Å². The zero-order chi connectivity index (χ0) is 16.4. The summed E-state index contributed by atoms with van der Waals surface area (Å²) in [5.41, 5.74) is 2.87. The van der Waals surface area contributed by atoms with Gasteiger partial charge in [-0.3, -0.25) is 5.32 Å². The highest BCUT2D eigenvalue weighted by Crippen LogP contribution is 2.36. The number of benzene rings is 2. The maximum Gasteiger partial charge on any atom is 0.411 e. The van der Waals surface area contributed by atoms with E-state index in [9.17, 15) is 4.79 Å². The largest absolute Gasteiger partial charge is 0.446 e. The van der Waals surface area contributed by atoms with Crippen molar-refractivity contribution in [2.75, 3.05) is 18.4 Å². The molecule has 0 aromatic heterocycles. The Morgan fingerprint density at radius 3 is 2.38 bits per heavy atom. The molecule has 2 aliphatic rings. The molecule has 4 heteroatoms. The van der Waals surface area contributed by atoms with Crippen LogP contribution in [0.1, 0.15) is 12.8 Å². The number of hydrogen-bond acceptors (Lipinski definition) is 3. The Kier molecular flexibility index (Phi) is 4.22. The van der Waals surface area contributed by atoms with Gasteiger partial charge in [0.05, 0.1) is 5.69 Å². The van der Waals surface area contributed by atoms with Crippen LogP contribution in [-0.4, -0.2) is 25.3 Å². The fraction of sp³-hybridized carbons (Fsp3) is 0.350. The number of anilines is 1. The Balaban J connectivity index is 1.43. The van der Waals surface area contributed by atoms with Gasteiger partial charge in [0.15, 0.2) is 0 Å². The van der Waals surface area contributed by atoms with Crippen molar-refractivity contribution in [1.29, 1.82) is 0 Å². The zero-order valence-electron chi connectivity index (χ0n) is 13.6. The van der Waals surface area contributed by atoms with Crippen molar-refractivity contribution in [1.82, 2.24) is 5.32 Å². The first-order chi connectivity index (χ1) is 11.8. The average molecular weight is 322 g/mol. The minimum absolute atomic E-state index is 0.0472. The number of carbonyl (C=O) groups is 1. The fourth-order valence-corrected chi connectivity index (χ4v) is 3.96. The van der Waals surface area contributed by atoms with Gasteiger partial charge < -0.3 is 10.1 Å². The van der Waals surface area contributed by atoms with E-state index in [0.717, 1.165) is 42.7 Å². The normalized spacial score (nSPS) is 25.2. The van der Waals surface area contributed by atoms with Crippen LogP contribution in [-0.2, 0) is 4.74 Å². The molecule has 124 valence electrons. The van der Waals surface area contributed by atoms with Gasteiger partial charge in [0.25, 0.3) is 0 Å². The van der Waals surface area contributed by atoms with E-state index in [1.165, 1.54) is 0 Å². The molecule has 2 aromatic carbocycles. The molecule has 1 saturated carbocycles. The summed E-state index contributed by atoms with van der Waals surface area (Å²) in [6, 6.07) is 17.9. The highest BCUT2D eigenvalue weighted by atomic mass is 16.6. The molecule has 2 unspecified atom stereocenters. The second-order valence-electron chi connectivity index (χ2n) is 6.71. The van der Waals surface area contributed by atoms with Crippen molar-refractivity contribution < 1.29 is 9.53 Å². The summed E-state index contributed by atoms with van der Waals surface area (Å²) in [4.78, 5) is 12.3. The van der Waals surface area contributed by atoms with Gasteiger partial charge in [-0.05, 0) is 49.4 Å². The van der Waals surface area contributed by atoms with E-state index < -0.39 is 0 Å². The third kappa shape index (κ3) is 3.15. The first kappa shape index (κ1) is 15.2. The molecule has 0 bridgehead atoms. The molecule has 2 N–H and O–H groups in total. The number of nitrogens with one attached hydrogen (secondary N) is 2. The van der Waals surface area contributed by atoms with E-state index in [1.54, 1.807) is 0 Å². The zero-order valence-corrected chi connectivity index (χ0v) is 13.6. The molecule has 2 aromatic rings. The second-order valence-corrected chi connectivity index (χ2v) is 6.71. The highest BCUT2D eigenvalue weighted by molar-refractivity contribution is 5.91. The molecule has 1 aliphatic heterocycles. The Morgan fingerprint density at radius 2 is 1.62 bits per heavy atom. The first-order valence-corrected chi connectivity index (χ1v) is 8.62. The maximum absolute atomic E-state index is 12.3. The van der Waals surface area contributed by atoms with Crippen LogP contribution in [0.25, 0.3) is 11.1 Å². The van der Waals surface area contributed by atoms with Gasteiger partial charge >= 0.3 is 6.09 Å². The van der Waals surface area contributed by atoms with E-state index in [4.69, 9.17) is 4.74 Å². The van der Waals surface area contributed by atoms with Crippen LogP contribution in [0.5, 0.6) is 0 Å². The van der Waals surface area contributed by atoms with Gasteiger partial charge in [0.2, 0.25) is 0 Å². The molecule has 4 rings (SSSR count). The third-order valence-electron chi connectivity index (χ3n) is 5.13. The molecular formula is C20H22N2O2. The Bertz CT molecular complexity index is 705. The number of ether oxygens (including phenoxy) is 1. The van der Waals surface area contributed by atoms with Gasteiger partial charge in [-0.25, -0.2) is 4.79 Å². The van der Waals surface area contributed by atoms with Crippen molar-refractivity contribution in [2.24, 2.45) is 11.8 Å². The summed E-state index contributed by atoms with van der Waals surface area (Å²) < 4.78 is 5.66. The maximum atomic E-state index is 12.3. The van der Waals surface area contributed by atoms with E-state index in [2.05, 4.69) is 10.6 Å². The second kappa shape index (κ2) is 6.65. The van der Waals surface area contributed by atoms with Crippen LogP contribution in [0.2, 0.25) is 0 Å². The number of amides is 1. The molecule has 1 saturated heterocycles. The highest BCUT2D eigenvalue weighted by Gasteiger charge is 2.39. The Labute approximate surface area is 142 Å². The summed E-state index contributed by atoms with van der Waals surface area (Å²) in [6.45, 7) is 2.12. The predicted octanol–water partition coefficient (Wildman–Crippen LogP) is 3.90. The summed E-state index contributed by atoms with van der Waals surface area (Å²) in [6.07, 6.45) is 1.65. The van der Waals surface area contributed by atoms with Crippen molar-refractivity contribution in [3.63, 3.8) is 0 Å². The van der Waals surface area contributed by atoms with Crippen molar-refractivity contribution in [2.45, 2.75) is 18.9 Å². The minimum Gasteiger partial charge on any atom is -0.446 e. The van der Waals surface area contributed by atoms with Crippen molar-refractivity contribution in [3.05, 3.63) is 54.6 Å². The van der Waals surface area contributed by atoms with Crippen LogP contribution in [0.15, 0.2) is 54.6 Å². The summed E-state index contributed by atoms with van der Waals surface area (Å²) in [5.74, 6) is 1.33. The Hall–Kier alpha value is -2.33. The van der Waals surface area contributed by atoms with Crippen LogP contribution in [0, 0.1) is 11.8 Å². The fourth-order valence-electron chi connectivity index (χ4n) is 3.96. The van der Waals surface area contributed by atoms with Crippen LogP contribution < -0.4 is 10.6 Å². The van der Waals surface area contributed by atoms with Gasteiger partial charge in [0.1, 0.15) is 6.10 Å². The predicted molar refractivity (Wildman–Crippen MR) is 94.9 cm³/mol. The van der Waals surface area contributed by atoms with Gasteiger partial charge in [-0.1, -0.05) is 48.5 Å². The smallest absolute Gasteiger partial charge is 0.411 e. The van der Waals surface area contributed by atoms with Crippen molar-refractivity contribution >= 4 is 11.8 Å². The molecule has 1 heterocycles. The standard InChI is InChI=1S/C20H22N2O2/c23-20(24-17-10-15-12-21-13-16(15)11-17)22-19-9-5-4-8-18(19)14-6-2-1-3-7-14/h1-9,15-17,21H,10-13H2,(H,22,23)/t15-,16?,17?/m1/s1. The molecule has 1 amide bonds. The molecule has 0 radical (unpaired) electrons. The van der Waals surface area contributed by atoms with Gasteiger partial charge in [-0.2, -0.15) is 0 Å². The number of carbonyl (C=O) groups excluding carboxylic acids is 1. The van der Waals surface area contributed by atoms with Gasteiger partial charge in [0, 0.05) is 5.56 Å². The lowest BCUT2D eigenvalue weighted by Crippen LogP contribution is -2.23. The molecule has 2 fully saturated rings. The van der Waals surface area contributed by atoms with Crippen LogP contribution in [0.3, 0.4) is 0 Å². The lowest BCUT2D eigenvalue weighted by molar-refractivity contribution is 0.110. The molecule has 0 spiro atoms. The molecule has 24 heavy (non-hydrogen) atoms.